The SMILES string of the molecule is Cc1ccccc1NC(=O)COC(=O)c1ccc(SC(F)F)cc1. The second kappa shape index (κ2) is 8.44. The summed E-state index contributed by atoms with van der Waals surface area (Å²) in [4.78, 5) is 24.0. The van der Waals surface area contributed by atoms with Crippen molar-refractivity contribution in [2.45, 2.75) is 17.6 Å². The van der Waals surface area contributed by atoms with Crippen LogP contribution in [0.15, 0.2) is 53.4 Å². The quantitative estimate of drug-likeness (QED) is 0.629. The van der Waals surface area contributed by atoms with Crippen LogP contribution in [0.25, 0.3) is 0 Å². The number of amides is 1. The first-order valence-electron chi connectivity index (χ1n) is 7.03. The van der Waals surface area contributed by atoms with Gasteiger partial charge < -0.3 is 10.1 Å². The molecule has 126 valence electrons. The van der Waals surface area contributed by atoms with Gasteiger partial charge in [-0.15, -0.1) is 0 Å². The Morgan fingerprint density at radius 2 is 1.79 bits per heavy atom. The third-order valence-corrected chi connectivity index (χ3v) is 3.79. The average molecular weight is 351 g/mol. The van der Waals surface area contributed by atoms with Crippen LogP contribution < -0.4 is 5.32 Å². The van der Waals surface area contributed by atoms with Crippen molar-refractivity contribution in [2.75, 3.05) is 11.9 Å². The zero-order valence-corrected chi connectivity index (χ0v) is 13.6. The highest BCUT2D eigenvalue weighted by molar-refractivity contribution is 7.99. The third-order valence-electron chi connectivity index (χ3n) is 3.07. The van der Waals surface area contributed by atoms with Gasteiger partial charge in [-0.3, -0.25) is 4.79 Å². The molecule has 0 saturated heterocycles. The van der Waals surface area contributed by atoms with Crippen LogP contribution in [-0.2, 0) is 9.53 Å². The number of hydrogen-bond acceptors (Lipinski definition) is 4. The van der Waals surface area contributed by atoms with E-state index in [1.807, 2.05) is 19.1 Å². The Kier molecular flexibility index (Phi) is 6.31. The van der Waals surface area contributed by atoms with Gasteiger partial charge in [0.05, 0.1) is 5.56 Å². The molecule has 1 N–H and O–H groups in total. The molecular formula is C17H15F2NO3S. The van der Waals surface area contributed by atoms with E-state index in [4.69, 9.17) is 4.74 Å². The third kappa shape index (κ3) is 5.34. The maximum atomic E-state index is 12.2. The van der Waals surface area contributed by atoms with Crippen molar-refractivity contribution >= 4 is 29.3 Å². The Hall–Kier alpha value is -2.41. The molecule has 0 spiro atoms. The summed E-state index contributed by atoms with van der Waals surface area (Å²) >= 11 is 0.390. The zero-order valence-electron chi connectivity index (χ0n) is 12.8. The number of carbonyl (C=O) groups excluding carboxylic acids is 2. The maximum Gasteiger partial charge on any atom is 0.338 e. The Morgan fingerprint density at radius 1 is 1.12 bits per heavy atom. The van der Waals surface area contributed by atoms with E-state index in [1.165, 1.54) is 24.3 Å². The van der Waals surface area contributed by atoms with E-state index in [0.717, 1.165) is 5.56 Å². The monoisotopic (exact) mass is 351 g/mol. The van der Waals surface area contributed by atoms with Crippen molar-refractivity contribution < 1.29 is 23.1 Å². The Labute approximate surface area is 142 Å². The fourth-order valence-corrected chi connectivity index (χ4v) is 2.39. The minimum Gasteiger partial charge on any atom is -0.452 e. The van der Waals surface area contributed by atoms with E-state index in [-0.39, 0.29) is 5.56 Å². The van der Waals surface area contributed by atoms with Gasteiger partial charge in [0.15, 0.2) is 6.61 Å². The first-order chi connectivity index (χ1) is 11.5. The average Bonchev–Trinajstić information content (AvgIpc) is 2.55. The van der Waals surface area contributed by atoms with Gasteiger partial charge in [0.1, 0.15) is 0 Å². The highest BCUT2D eigenvalue weighted by Gasteiger charge is 2.12. The van der Waals surface area contributed by atoms with Gasteiger partial charge in [-0.2, -0.15) is 8.78 Å². The van der Waals surface area contributed by atoms with E-state index in [9.17, 15) is 18.4 Å². The number of aryl methyl sites for hydroxylation is 1. The summed E-state index contributed by atoms with van der Waals surface area (Å²) in [7, 11) is 0. The lowest BCUT2D eigenvalue weighted by Gasteiger charge is -2.09. The molecular weight excluding hydrogens is 336 g/mol. The van der Waals surface area contributed by atoms with Crippen molar-refractivity contribution in [1.82, 2.24) is 0 Å². The molecule has 0 fully saturated rings. The number of para-hydroxylation sites is 1. The smallest absolute Gasteiger partial charge is 0.338 e. The molecule has 2 rings (SSSR count). The molecule has 0 bridgehead atoms. The Balaban J connectivity index is 1.86. The molecule has 0 saturated carbocycles. The number of benzene rings is 2. The first-order valence-corrected chi connectivity index (χ1v) is 7.91. The topological polar surface area (TPSA) is 55.4 Å². The van der Waals surface area contributed by atoms with Crippen molar-refractivity contribution in [3.8, 4) is 0 Å². The fraction of sp³-hybridized carbons (Fsp3) is 0.176. The van der Waals surface area contributed by atoms with Crippen molar-refractivity contribution in [2.24, 2.45) is 0 Å². The second-order valence-corrected chi connectivity index (χ2v) is 5.91. The Morgan fingerprint density at radius 3 is 2.42 bits per heavy atom. The summed E-state index contributed by atoms with van der Waals surface area (Å²) in [5.74, 6) is -3.67. The number of hydrogen-bond donors (Lipinski definition) is 1. The van der Waals surface area contributed by atoms with E-state index in [2.05, 4.69) is 5.32 Å². The minimum absolute atomic E-state index is 0.192. The van der Waals surface area contributed by atoms with Gasteiger partial charge in [0.2, 0.25) is 0 Å². The molecule has 4 nitrogen and oxygen atoms in total. The van der Waals surface area contributed by atoms with Gasteiger partial charge in [-0.25, -0.2) is 4.79 Å². The summed E-state index contributed by atoms with van der Waals surface area (Å²) in [5.41, 5.74) is 1.73. The van der Waals surface area contributed by atoms with Crippen LogP contribution in [0, 0.1) is 6.92 Å². The van der Waals surface area contributed by atoms with Gasteiger partial charge in [-0.05, 0) is 42.8 Å². The van der Waals surface area contributed by atoms with Gasteiger partial charge in [0.25, 0.3) is 11.7 Å². The summed E-state index contributed by atoms with van der Waals surface area (Å²) in [6.45, 7) is 1.42. The van der Waals surface area contributed by atoms with Crippen LogP contribution in [0.2, 0.25) is 0 Å². The van der Waals surface area contributed by atoms with Gasteiger partial charge in [0, 0.05) is 10.6 Å². The molecule has 0 aliphatic carbocycles. The molecule has 0 heterocycles. The number of ether oxygens (including phenoxy) is 1. The van der Waals surface area contributed by atoms with Crippen molar-refractivity contribution in [1.29, 1.82) is 0 Å². The zero-order chi connectivity index (χ0) is 17.5. The van der Waals surface area contributed by atoms with Crippen molar-refractivity contribution in [3.63, 3.8) is 0 Å². The predicted octanol–water partition coefficient (Wildman–Crippen LogP) is 4.11. The van der Waals surface area contributed by atoms with E-state index < -0.39 is 24.2 Å². The lowest BCUT2D eigenvalue weighted by Crippen LogP contribution is -2.21. The molecule has 24 heavy (non-hydrogen) atoms. The highest BCUT2D eigenvalue weighted by Crippen LogP contribution is 2.25. The van der Waals surface area contributed by atoms with Gasteiger partial charge >= 0.3 is 5.97 Å². The number of esters is 1. The highest BCUT2D eigenvalue weighted by atomic mass is 32.2. The van der Waals surface area contributed by atoms with Crippen molar-refractivity contribution in [3.05, 3.63) is 59.7 Å². The number of anilines is 1. The summed E-state index contributed by atoms with van der Waals surface area (Å²) < 4.78 is 29.4. The Bertz CT molecular complexity index is 720. The maximum absolute atomic E-state index is 12.2. The summed E-state index contributed by atoms with van der Waals surface area (Å²) in [5, 5.41) is 2.64. The molecule has 0 radical (unpaired) electrons. The number of thioether (sulfide) groups is 1. The number of halogens is 2. The summed E-state index contributed by atoms with van der Waals surface area (Å²) in [6.07, 6.45) is 0. The number of rotatable bonds is 6. The standard InChI is InChI=1S/C17H15F2NO3S/c1-11-4-2-3-5-14(11)20-15(21)10-23-16(22)12-6-8-13(9-7-12)24-17(18)19/h2-9,17H,10H2,1H3,(H,20,21). The number of alkyl halides is 2. The molecule has 2 aromatic rings. The molecule has 7 heteroatoms. The van der Waals surface area contributed by atoms with Crippen LogP contribution in [0.3, 0.4) is 0 Å². The van der Waals surface area contributed by atoms with E-state index >= 15 is 0 Å². The normalized spacial score (nSPS) is 10.5. The van der Waals surface area contributed by atoms with E-state index in [0.29, 0.717) is 22.3 Å². The van der Waals surface area contributed by atoms with Crippen LogP contribution in [0.5, 0.6) is 0 Å². The van der Waals surface area contributed by atoms with Gasteiger partial charge in [-0.1, -0.05) is 30.0 Å². The van der Waals surface area contributed by atoms with E-state index in [1.54, 1.807) is 12.1 Å². The first kappa shape index (κ1) is 17.9. The molecule has 0 aromatic heterocycles. The van der Waals surface area contributed by atoms with Crippen LogP contribution in [-0.4, -0.2) is 24.2 Å². The molecule has 1 amide bonds. The van der Waals surface area contributed by atoms with Crippen LogP contribution in [0.4, 0.5) is 14.5 Å². The van der Waals surface area contributed by atoms with Crippen LogP contribution in [0.1, 0.15) is 15.9 Å². The number of carbonyl (C=O) groups is 2. The molecule has 2 aromatic carbocycles. The fourth-order valence-electron chi connectivity index (χ4n) is 1.89. The van der Waals surface area contributed by atoms with Crippen LogP contribution >= 0.6 is 11.8 Å². The molecule has 0 unspecified atom stereocenters. The lowest BCUT2D eigenvalue weighted by atomic mass is 10.2. The molecule has 0 atom stereocenters. The molecule has 0 aliphatic rings. The molecule has 0 aliphatic heterocycles. The minimum atomic E-state index is -2.52. The second-order valence-electron chi connectivity index (χ2n) is 4.84. The largest absolute Gasteiger partial charge is 0.452 e. The summed E-state index contributed by atoms with van der Waals surface area (Å²) in [6, 6.07) is 12.8. The number of nitrogens with one attached hydrogen (secondary N) is 1. The lowest BCUT2D eigenvalue weighted by molar-refractivity contribution is -0.119. The predicted molar refractivity (Wildman–Crippen MR) is 88.4 cm³/mol.